The van der Waals surface area contributed by atoms with Gasteiger partial charge >= 0.3 is 0 Å². The number of hydrogen-bond donors (Lipinski definition) is 1. The van der Waals surface area contributed by atoms with Crippen molar-refractivity contribution in [2.24, 2.45) is 5.73 Å². The molecule has 2 N–H and O–H groups in total. The van der Waals surface area contributed by atoms with E-state index in [1.165, 1.54) is 12.1 Å². The molecule has 0 bridgehead atoms. The zero-order valence-corrected chi connectivity index (χ0v) is 9.95. The number of halogens is 1. The van der Waals surface area contributed by atoms with Crippen LogP contribution in [0.25, 0.3) is 0 Å². The molecule has 17 heavy (non-hydrogen) atoms. The number of carbonyl (C=O) groups excluding carboxylic acids is 1. The van der Waals surface area contributed by atoms with Crippen molar-refractivity contribution in [2.75, 3.05) is 13.1 Å². The van der Waals surface area contributed by atoms with Gasteiger partial charge in [-0.2, -0.15) is 0 Å². The standard InChI is InChI=1S/C13H17FN2O/c1-9-6-10(8-11(14)7-9)13(17)16(5-4-15)12-2-3-12/h6-8,12H,2-5,15H2,1H3. The van der Waals surface area contributed by atoms with Crippen LogP contribution >= 0.6 is 0 Å². The molecule has 0 aliphatic heterocycles. The van der Waals surface area contributed by atoms with Gasteiger partial charge in [0, 0.05) is 24.7 Å². The second kappa shape index (κ2) is 4.84. The molecule has 1 aliphatic carbocycles. The number of aryl methyl sites for hydroxylation is 1. The van der Waals surface area contributed by atoms with E-state index in [1.54, 1.807) is 17.9 Å². The summed E-state index contributed by atoms with van der Waals surface area (Å²) in [6.07, 6.45) is 2.06. The third-order valence-electron chi connectivity index (χ3n) is 2.91. The lowest BCUT2D eigenvalue weighted by molar-refractivity contribution is 0.0747. The van der Waals surface area contributed by atoms with Crippen LogP contribution in [-0.4, -0.2) is 29.9 Å². The smallest absolute Gasteiger partial charge is 0.254 e. The quantitative estimate of drug-likeness (QED) is 0.864. The lowest BCUT2D eigenvalue weighted by Gasteiger charge is -2.21. The van der Waals surface area contributed by atoms with E-state index in [4.69, 9.17) is 5.73 Å². The molecule has 2 rings (SSSR count). The van der Waals surface area contributed by atoms with Crippen molar-refractivity contribution in [1.82, 2.24) is 4.90 Å². The highest BCUT2D eigenvalue weighted by Crippen LogP contribution is 2.28. The predicted molar refractivity (Wildman–Crippen MR) is 64.2 cm³/mol. The van der Waals surface area contributed by atoms with Crippen LogP contribution < -0.4 is 5.73 Å². The Kier molecular flexibility index (Phi) is 3.43. The summed E-state index contributed by atoms with van der Waals surface area (Å²) in [4.78, 5) is 14.0. The maximum absolute atomic E-state index is 13.3. The summed E-state index contributed by atoms with van der Waals surface area (Å²) in [5.41, 5.74) is 6.68. The van der Waals surface area contributed by atoms with Gasteiger partial charge < -0.3 is 10.6 Å². The first-order valence-corrected chi connectivity index (χ1v) is 5.90. The second-order valence-corrected chi connectivity index (χ2v) is 4.54. The molecular weight excluding hydrogens is 219 g/mol. The number of benzene rings is 1. The predicted octanol–water partition coefficient (Wildman–Crippen LogP) is 1.70. The average molecular weight is 236 g/mol. The van der Waals surface area contributed by atoms with Gasteiger partial charge in [-0.1, -0.05) is 0 Å². The van der Waals surface area contributed by atoms with E-state index in [0.29, 0.717) is 24.7 Å². The minimum absolute atomic E-state index is 0.111. The van der Waals surface area contributed by atoms with Crippen molar-refractivity contribution in [3.63, 3.8) is 0 Å². The van der Waals surface area contributed by atoms with Crippen LogP contribution in [0.1, 0.15) is 28.8 Å². The largest absolute Gasteiger partial charge is 0.334 e. The lowest BCUT2D eigenvalue weighted by atomic mass is 10.1. The normalized spacial score (nSPS) is 14.8. The Labute approximate surface area is 100 Å². The molecule has 1 aliphatic rings. The van der Waals surface area contributed by atoms with E-state index < -0.39 is 0 Å². The van der Waals surface area contributed by atoms with Crippen LogP contribution in [0, 0.1) is 12.7 Å². The van der Waals surface area contributed by atoms with Crippen molar-refractivity contribution in [3.8, 4) is 0 Å². The number of amides is 1. The van der Waals surface area contributed by atoms with Gasteiger partial charge in [-0.25, -0.2) is 4.39 Å². The van der Waals surface area contributed by atoms with Crippen molar-refractivity contribution in [3.05, 3.63) is 35.1 Å². The molecule has 92 valence electrons. The molecule has 0 aromatic heterocycles. The summed E-state index contributed by atoms with van der Waals surface area (Å²) < 4.78 is 13.3. The lowest BCUT2D eigenvalue weighted by Crippen LogP contribution is -2.37. The van der Waals surface area contributed by atoms with Crippen molar-refractivity contribution in [2.45, 2.75) is 25.8 Å². The van der Waals surface area contributed by atoms with Crippen LogP contribution in [0.15, 0.2) is 18.2 Å². The summed E-state index contributed by atoms with van der Waals surface area (Å²) >= 11 is 0. The third kappa shape index (κ3) is 2.82. The molecule has 1 aromatic rings. The number of nitrogens with two attached hydrogens (primary N) is 1. The zero-order chi connectivity index (χ0) is 12.4. The van der Waals surface area contributed by atoms with E-state index in [-0.39, 0.29) is 11.7 Å². The van der Waals surface area contributed by atoms with Gasteiger partial charge in [0.15, 0.2) is 0 Å². The van der Waals surface area contributed by atoms with Crippen LogP contribution in [0.5, 0.6) is 0 Å². The van der Waals surface area contributed by atoms with E-state index in [2.05, 4.69) is 0 Å². The van der Waals surface area contributed by atoms with Crippen molar-refractivity contribution in [1.29, 1.82) is 0 Å². The highest BCUT2D eigenvalue weighted by atomic mass is 19.1. The van der Waals surface area contributed by atoms with Gasteiger partial charge in [-0.05, 0) is 43.5 Å². The maximum atomic E-state index is 13.3. The first-order chi connectivity index (χ1) is 8.11. The van der Waals surface area contributed by atoms with Gasteiger partial charge in [0.2, 0.25) is 0 Å². The number of nitrogens with zero attached hydrogens (tertiary/aromatic N) is 1. The Morgan fingerprint density at radius 2 is 2.18 bits per heavy atom. The minimum atomic E-state index is -0.364. The Bertz CT molecular complexity index is 409. The zero-order valence-electron chi connectivity index (χ0n) is 9.95. The Morgan fingerprint density at radius 1 is 1.47 bits per heavy atom. The second-order valence-electron chi connectivity index (χ2n) is 4.54. The van der Waals surface area contributed by atoms with Crippen LogP contribution in [0.3, 0.4) is 0 Å². The maximum Gasteiger partial charge on any atom is 0.254 e. The van der Waals surface area contributed by atoms with Gasteiger partial charge in [-0.3, -0.25) is 4.79 Å². The first kappa shape index (κ1) is 12.0. The number of hydrogen-bond acceptors (Lipinski definition) is 2. The Hall–Kier alpha value is -1.42. The molecule has 0 saturated heterocycles. The summed E-state index contributed by atoms with van der Waals surface area (Å²) in [6.45, 7) is 2.76. The molecule has 1 fully saturated rings. The third-order valence-corrected chi connectivity index (χ3v) is 2.91. The van der Waals surface area contributed by atoms with Gasteiger partial charge in [0.25, 0.3) is 5.91 Å². The van der Waals surface area contributed by atoms with Crippen LogP contribution in [0.2, 0.25) is 0 Å². The molecule has 1 saturated carbocycles. The molecule has 4 heteroatoms. The molecular formula is C13H17FN2O. The molecule has 0 radical (unpaired) electrons. The molecule has 0 spiro atoms. The number of rotatable bonds is 4. The fraction of sp³-hybridized carbons (Fsp3) is 0.462. The fourth-order valence-corrected chi connectivity index (χ4v) is 2.00. The van der Waals surface area contributed by atoms with Crippen molar-refractivity contribution < 1.29 is 9.18 Å². The number of carbonyl (C=O) groups is 1. The topological polar surface area (TPSA) is 46.3 Å². The molecule has 3 nitrogen and oxygen atoms in total. The summed E-state index contributed by atoms with van der Waals surface area (Å²) in [7, 11) is 0. The molecule has 0 unspecified atom stereocenters. The molecule has 1 aromatic carbocycles. The SMILES string of the molecule is Cc1cc(F)cc(C(=O)N(CCN)C2CC2)c1. The van der Waals surface area contributed by atoms with E-state index in [1.807, 2.05) is 0 Å². The van der Waals surface area contributed by atoms with Crippen molar-refractivity contribution >= 4 is 5.91 Å². The molecule has 0 heterocycles. The monoisotopic (exact) mass is 236 g/mol. The highest BCUT2D eigenvalue weighted by molar-refractivity contribution is 5.94. The average Bonchev–Trinajstić information content (AvgIpc) is 3.07. The van der Waals surface area contributed by atoms with E-state index in [9.17, 15) is 9.18 Å². The van der Waals surface area contributed by atoms with E-state index in [0.717, 1.165) is 18.4 Å². The fourth-order valence-electron chi connectivity index (χ4n) is 2.00. The van der Waals surface area contributed by atoms with Gasteiger partial charge in [-0.15, -0.1) is 0 Å². The minimum Gasteiger partial charge on any atom is -0.334 e. The first-order valence-electron chi connectivity index (χ1n) is 5.90. The van der Waals surface area contributed by atoms with Gasteiger partial charge in [0.1, 0.15) is 5.82 Å². The summed E-state index contributed by atoms with van der Waals surface area (Å²) in [5.74, 6) is -0.475. The summed E-state index contributed by atoms with van der Waals surface area (Å²) in [5, 5.41) is 0. The highest BCUT2D eigenvalue weighted by Gasteiger charge is 2.32. The van der Waals surface area contributed by atoms with E-state index >= 15 is 0 Å². The molecule has 0 atom stereocenters. The van der Waals surface area contributed by atoms with Crippen LogP contribution in [-0.2, 0) is 0 Å². The molecule has 1 amide bonds. The summed E-state index contributed by atoms with van der Waals surface area (Å²) in [6, 6.07) is 4.73. The van der Waals surface area contributed by atoms with Crippen LogP contribution in [0.4, 0.5) is 4.39 Å². The Morgan fingerprint density at radius 3 is 2.71 bits per heavy atom. The Balaban J connectivity index is 2.21. The van der Waals surface area contributed by atoms with Gasteiger partial charge in [0.05, 0.1) is 0 Å².